The SMILES string of the molecule is COC(=O)CCc1c[nH][c]c1C. The number of ether oxygens (including phenoxy) is 1. The van der Waals surface area contributed by atoms with Crippen LogP contribution in [0.5, 0.6) is 0 Å². The fourth-order valence-corrected chi connectivity index (χ4v) is 1.02. The molecule has 1 rings (SSSR count). The Morgan fingerprint density at radius 3 is 3.00 bits per heavy atom. The molecule has 1 N–H and O–H groups in total. The molecule has 1 heterocycles. The highest BCUT2D eigenvalue weighted by Crippen LogP contribution is 2.07. The van der Waals surface area contributed by atoms with Gasteiger partial charge in [-0.3, -0.25) is 4.79 Å². The summed E-state index contributed by atoms with van der Waals surface area (Å²) in [6.45, 7) is 1.96. The van der Waals surface area contributed by atoms with Gasteiger partial charge in [0, 0.05) is 12.6 Å². The lowest BCUT2D eigenvalue weighted by molar-refractivity contribution is -0.140. The van der Waals surface area contributed by atoms with Crippen LogP contribution in [0.25, 0.3) is 0 Å². The summed E-state index contributed by atoms with van der Waals surface area (Å²) in [4.78, 5) is 13.6. The molecule has 0 aliphatic rings. The number of nitrogens with one attached hydrogen (secondary N) is 1. The van der Waals surface area contributed by atoms with Gasteiger partial charge < -0.3 is 9.72 Å². The van der Waals surface area contributed by atoms with Crippen LogP contribution >= 0.6 is 0 Å². The van der Waals surface area contributed by atoms with Gasteiger partial charge in [0.2, 0.25) is 0 Å². The van der Waals surface area contributed by atoms with Gasteiger partial charge in [0.05, 0.1) is 13.3 Å². The van der Waals surface area contributed by atoms with Crippen molar-refractivity contribution >= 4 is 5.97 Å². The van der Waals surface area contributed by atoms with Crippen LogP contribution < -0.4 is 0 Å². The number of H-pyrrole nitrogens is 1. The van der Waals surface area contributed by atoms with Crippen LogP contribution in [-0.4, -0.2) is 18.1 Å². The molecule has 1 radical (unpaired) electrons. The third-order valence-corrected chi connectivity index (χ3v) is 1.81. The van der Waals surface area contributed by atoms with Gasteiger partial charge in [-0.05, 0) is 24.5 Å². The molecule has 0 unspecified atom stereocenters. The van der Waals surface area contributed by atoms with Gasteiger partial charge >= 0.3 is 5.97 Å². The zero-order valence-electron chi connectivity index (χ0n) is 7.31. The molecule has 3 heteroatoms. The third-order valence-electron chi connectivity index (χ3n) is 1.81. The molecule has 12 heavy (non-hydrogen) atoms. The Morgan fingerprint density at radius 2 is 2.50 bits per heavy atom. The average Bonchev–Trinajstić information content (AvgIpc) is 2.47. The van der Waals surface area contributed by atoms with Crippen molar-refractivity contribution in [3.8, 4) is 0 Å². The molecular weight excluding hydrogens is 154 g/mol. The van der Waals surface area contributed by atoms with Gasteiger partial charge in [-0.15, -0.1) is 0 Å². The van der Waals surface area contributed by atoms with Crippen molar-refractivity contribution in [2.45, 2.75) is 19.8 Å². The molecular formula is C9H12NO2. The molecule has 0 amide bonds. The number of carbonyl (C=O) groups excluding carboxylic acids is 1. The second kappa shape index (κ2) is 3.95. The monoisotopic (exact) mass is 166 g/mol. The van der Waals surface area contributed by atoms with E-state index in [1.165, 1.54) is 7.11 Å². The minimum Gasteiger partial charge on any atom is -0.469 e. The standard InChI is InChI=1S/C9H12NO2/c1-7-5-10-6-8(7)3-4-9(11)12-2/h6,10H,3-4H2,1-2H3. The van der Waals surface area contributed by atoms with E-state index in [-0.39, 0.29) is 5.97 Å². The lowest BCUT2D eigenvalue weighted by Gasteiger charge is -1.98. The highest BCUT2D eigenvalue weighted by atomic mass is 16.5. The van der Waals surface area contributed by atoms with Crippen molar-refractivity contribution in [3.63, 3.8) is 0 Å². The van der Waals surface area contributed by atoms with Gasteiger partial charge in [0.25, 0.3) is 0 Å². The molecule has 0 aromatic carbocycles. The van der Waals surface area contributed by atoms with E-state index >= 15 is 0 Å². The van der Waals surface area contributed by atoms with Crippen LogP contribution in [0.15, 0.2) is 6.20 Å². The van der Waals surface area contributed by atoms with Crippen LogP contribution in [-0.2, 0) is 16.0 Å². The Kier molecular flexibility index (Phi) is 2.91. The van der Waals surface area contributed by atoms with Crippen LogP contribution in [0.4, 0.5) is 0 Å². The summed E-state index contributed by atoms with van der Waals surface area (Å²) < 4.78 is 4.53. The van der Waals surface area contributed by atoms with E-state index in [0.717, 1.165) is 17.5 Å². The lowest BCUT2D eigenvalue weighted by Crippen LogP contribution is -2.01. The normalized spacial score (nSPS) is 9.83. The number of esters is 1. The van der Waals surface area contributed by atoms with Crippen LogP contribution in [0.3, 0.4) is 0 Å². The van der Waals surface area contributed by atoms with E-state index in [9.17, 15) is 4.79 Å². The van der Waals surface area contributed by atoms with Crippen molar-refractivity contribution in [2.75, 3.05) is 7.11 Å². The highest BCUT2D eigenvalue weighted by molar-refractivity contribution is 5.69. The Labute approximate surface area is 71.7 Å². The molecule has 3 nitrogen and oxygen atoms in total. The largest absolute Gasteiger partial charge is 0.469 e. The maximum Gasteiger partial charge on any atom is 0.305 e. The molecule has 0 saturated carbocycles. The number of aryl methyl sites for hydroxylation is 2. The number of hydrogen-bond donors (Lipinski definition) is 1. The van der Waals surface area contributed by atoms with E-state index in [1.54, 1.807) is 0 Å². The molecule has 1 aromatic heterocycles. The smallest absolute Gasteiger partial charge is 0.305 e. The van der Waals surface area contributed by atoms with Crippen LogP contribution in [0.1, 0.15) is 17.5 Å². The van der Waals surface area contributed by atoms with Gasteiger partial charge in [-0.25, -0.2) is 0 Å². The summed E-state index contributed by atoms with van der Waals surface area (Å²) in [5.74, 6) is -0.171. The van der Waals surface area contributed by atoms with Crippen molar-refractivity contribution in [1.29, 1.82) is 0 Å². The molecule has 0 fully saturated rings. The fraction of sp³-hybridized carbons (Fsp3) is 0.444. The number of aromatic amines is 1. The molecule has 0 saturated heterocycles. The number of hydrogen-bond acceptors (Lipinski definition) is 2. The van der Waals surface area contributed by atoms with Gasteiger partial charge in [-0.1, -0.05) is 0 Å². The van der Waals surface area contributed by atoms with E-state index in [4.69, 9.17) is 0 Å². The summed E-state index contributed by atoms with van der Waals surface area (Å²) in [5.41, 5.74) is 2.19. The highest BCUT2D eigenvalue weighted by Gasteiger charge is 2.03. The first-order chi connectivity index (χ1) is 5.74. The predicted octanol–water partition coefficient (Wildman–Crippen LogP) is 1.23. The molecule has 0 bridgehead atoms. The van der Waals surface area contributed by atoms with E-state index < -0.39 is 0 Å². The van der Waals surface area contributed by atoms with Crippen LogP contribution in [0.2, 0.25) is 0 Å². The number of methoxy groups -OCH3 is 1. The number of carbonyl (C=O) groups is 1. The van der Waals surface area contributed by atoms with Gasteiger partial charge in [0.15, 0.2) is 0 Å². The van der Waals surface area contributed by atoms with Crippen molar-refractivity contribution in [1.82, 2.24) is 4.98 Å². The molecule has 1 aromatic rings. The zero-order chi connectivity index (χ0) is 8.97. The first-order valence-corrected chi connectivity index (χ1v) is 3.85. The van der Waals surface area contributed by atoms with Crippen molar-refractivity contribution in [2.24, 2.45) is 0 Å². The van der Waals surface area contributed by atoms with Crippen LogP contribution in [0, 0.1) is 13.1 Å². The lowest BCUT2D eigenvalue weighted by atomic mass is 10.1. The fourth-order valence-electron chi connectivity index (χ4n) is 1.02. The minimum atomic E-state index is -0.171. The quantitative estimate of drug-likeness (QED) is 0.686. The van der Waals surface area contributed by atoms with E-state index in [1.807, 2.05) is 13.1 Å². The molecule has 0 atom stereocenters. The van der Waals surface area contributed by atoms with Crippen molar-refractivity contribution in [3.05, 3.63) is 23.5 Å². The average molecular weight is 166 g/mol. The number of rotatable bonds is 3. The second-order valence-corrected chi connectivity index (χ2v) is 2.64. The zero-order valence-corrected chi connectivity index (χ0v) is 7.31. The summed E-state index contributed by atoms with van der Waals surface area (Å²) >= 11 is 0. The Morgan fingerprint density at radius 1 is 1.75 bits per heavy atom. The second-order valence-electron chi connectivity index (χ2n) is 2.64. The number of aromatic nitrogens is 1. The van der Waals surface area contributed by atoms with E-state index in [2.05, 4.69) is 15.9 Å². The van der Waals surface area contributed by atoms with Gasteiger partial charge in [-0.2, -0.15) is 0 Å². The van der Waals surface area contributed by atoms with Gasteiger partial charge in [0.1, 0.15) is 0 Å². The topological polar surface area (TPSA) is 42.1 Å². The minimum absolute atomic E-state index is 0.171. The predicted molar refractivity (Wildman–Crippen MR) is 44.7 cm³/mol. The Hall–Kier alpha value is -1.25. The maximum atomic E-state index is 10.8. The summed E-state index contributed by atoms with van der Waals surface area (Å²) in [6, 6.07) is 0. The summed E-state index contributed by atoms with van der Waals surface area (Å²) in [5, 5.41) is 0. The summed E-state index contributed by atoms with van der Waals surface area (Å²) in [6.07, 6.45) is 5.95. The molecule has 65 valence electrons. The first-order valence-electron chi connectivity index (χ1n) is 3.85. The first kappa shape index (κ1) is 8.84. The molecule has 0 aliphatic heterocycles. The molecule has 0 aliphatic carbocycles. The summed E-state index contributed by atoms with van der Waals surface area (Å²) in [7, 11) is 1.40. The molecule has 0 spiro atoms. The Balaban J connectivity index is 2.43. The van der Waals surface area contributed by atoms with Crippen molar-refractivity contribution < 1.29 is 9.53 Å². The maximum absolute atomic E-state index is 10.8. The van der Waals surface area contributed by atoms with E-state index in [0.29, 0.717) is 6.42 Å². The third kappa shape index (κ3) is 2.12. The Bertz CT molecular complexity index is 265.